The fourth-order valence-corrected chi connectivity index (χ4v) is 4.05. The lowest BCUT2D eigenvalue weighted by Crippen LogP contribution is -2.14. The van der Waals surface area contributed by atoms with Crippen LogP contribution in [0.15, 0.2) is 84.3 Å². The number of hydrogen-bond donors (Lipinski definition) is 0. The number of carbonyl (C=O) groups is 1. The summed E-state index contributed by atoms with van der Waals surface area (Å²) >= 11 is 1.41. The van der Waals surface area contributed by atoms with Crippen molar-refractivity contribution in [3.8, 4) is 17.1 Å². The molecule has 0 aliphatic rings. The molecule has 4 aromatic rings. The maximum absolute atomic E-state index is 12.9. The van der Waals surface area contributed by atoms with Gasteiger partial charge in [0.1, 0.15) is 0 Å². The number of rotatable bonds is 6. The quantitative estimate of drug-likeness (QED) is 0.337. The molecule has 0 N–H and O–H groups in total. The minimum absolute atomic E-state index is 0.0675. The summed E-state index contributed by atoms with van der Waals surface area (Å²) in [6.07, 6.45) is 3.50. The number of aryl methyl sites for hydroxylation is 1. The molecule has 1 atom stereocenters. The molecule has 0 radical (unpaired) electrons. The minimum Gasteiger partial charge on any atom is -0.293 e. The van der Waals surface area contributed by atoms with Gasteiger partial charge in [-0.2, -0.15) is 0 Å². The molecule has 0 aliphatic carbocycles. The van der Waals surface area contributed by atoms with Gasteiger partial charge in [-0.15, -0.1) is 10.2 Å². The van der Waals surface area contributed by atoms with Crippen LogP contribution in [0.2, 0.25) is 0 Å². The standard InChI is InChI=1S/C23H20N4OS/c1-16-9-6-7-13-20(16)27-22(19-12-8-14-24-15-19)25-26-23(27)29-17(2)21(28)18-10-4-3-5-11-18/h3-15,17H,1-2H3. The molecule has 0 saturated heterocycles. The average molecular weight is 401 g/mol. The van der Waals surface area contributed by atoms with Gasteiger partial charge in [0, 0.05) is 23.5 Å². The first-order chi connectivity index (χ1) is 14.1. The van der Waals surface area contributed by atoms with Crippen LogP contribution in [-0.4, -0.2) is 30.8 Å². The molecule has 29 heavy (non-hydrogen) atoms. The zero-order valence-corrected chi connectivity index (χ0v) is 17.0. The van der Waals surface area contributed by atoms with Gasteiger partial charge < -0.3 is 0 Å². The maximum Gasteiger partial charge on any atom is 0.196 e. The second-order valence-corrected chi connectivity index (χ2v) is 7.97. The molecular weight excluding hydrogens is 380 g/mol. The van der Waals surface area contributed by atoms with Gasteiger partial charge in [-0.1, -0.05) is 60.3 Å². The number of aromatic nitrogens is 4. The average Bonchev–Trinajstić information content (AvgIpc) is 3.18. The molecule has 2 heterocycles. The summed E-state index contributed by atoms with van der Waals surface area (Å²) in [5.41, 5.74) is 3.65. The molecule has 2 aromatic carbocycles. The Kier molecular flexibility index (Phi) is 5.53. The first-order valence-corrected chi connectivity index (χ1v) is 10.2. The maximum atomic E-state index is 12.9. The van der Waals surface area contributed by atoms with Gasteiger partial charge >= 0.3 is 0 Å². The fraction of sp³-hybridized carbons (Fsp3) is 0.130. The lowest BCUT2D eigenvalue weighted by molar-refractivity contribution is 0.0994. The Morgan fingerprint density at radius 2 is 1.72 bits per heavy atom. The summed E-state index contributed by atoms with van der Waals surface area (Å²) in [6, 6.07) is 21.2. The van der Waals surface area contributed by atoms with Crippen molar-refractivity contribution in [1.29, 1.82) is 0 Å². The molecule has 2 aromatic heterocycles. The van der Waals surface area contributed by atoms with E-state index in [9.17, 15) is 4.79 Å². The van der Waals surface area contributed by atoms with Crippen molar-refractivity contribution < 1.29 is 4.79 Å². The first-order valence-electron chi connectivity index (χ1n) is 9.33. The normalized spacial score (nSPS) is 11.9. The molecule has 0 saturated carbocycles. The third-order valence-electron chi connectivity index (χ3n) is 4.62. The van der Waals surface area contributed by atoms with E-state index < -0.39 is 0 Å². The third kappa shape index (κ3) is 3.98. The smallest absolute Gasteiger partial charge is 0.196 e. The second-order valence-electron chi connectivity index (χ2n) is 6.66. The predicted molar refractivity (Wildman–Crippen MR) is 115 cm³/mol. The topological polar surface area (TPSA) is 60.7 Å². The van der Waals surface area contributed by atoms with Crippen LogP contribution in [0.1, 0.15) is 22.8 Å². The van der Waals surface area contributed by atoms with Crippen LogP contribution in [0, 0.1) is 6.92 Å². The van der Waals surface area contributed by atoms with Gasteiger partial charge in [-0.05, 0) is 37.6 Å². The zero-order valence-electron chi connectivity index (χ0n) is 16.2. The van der Waals surface area contributed by atoms with Crippen LogP contribution in [0.5, 0.6) is 0 Å². The van der Waals surface area contributed by atoms with Crippen molar-refractivity contribution in [3.63, 3.8) is 0 Å². The highest BCUT2D eigenvalue weighted by atomic mass is 32.2. The van der Waals surface area contributed by atoms with Crippen molar-refractivity contribution in [3.05, 3.63) is 90.3 Å². The fourth-order valence-electron chi connectivity index (χ4n) is 3.11. The number of para-hydroxylation sites is 1. The molecule has 0 aliphatic heterocycles. The summed E-state index contributed by atoms with van der Waals surface area (Å²) in [6.45, 7) is 3.95. The van der Waals surface area contributed by atoms with Crippen LogP contribution < -0.4 is 0 Å². The van der Waals surface area contributed by atoms with Crippen molar-refractivity contribution in [2.45, 2.75) is 24.3 Å². The lowest BCUT2D eigenvalue weighted by atomic mass is 10.1. The van der Waals surface area contributed by atoms with Gasteiger partial charge in [-0.25, -0.2) is 0 Å². The van der Waals surface area contributed by atoms with E-state index in [1.54, 1.807) is 12.4 Å². The van der Waals surface area contributed by atoms with E-state index in [0.29, 0.717) is 16.5 Å². The number of nitrogens with zero attached hydrogens (tertiary/aromatic N) is 4. The van der Waals surface area contributed by atoms with Crippen molar-refractivity contribution in [2.75, 3.05) is 0 Å². The molecule has 0 spiro atoms. The minimum atomic E-state index is -0.300. The van der Waals surface area contributed by atoms with E-state index in [1.807, 2.05) is 72.2 Å². The Labute approximate surface area is 173 Å². The van der Waals surface area contributed by atoms with Gasteiger partial charge in [0.2, 0.25) is 0 Å². The number of benzene rings is 2. The summed E-state index contributed by atoms with van der Waals surface area (Å²) < 4.78 is 2.01. The van der Waals surface area contributed by atoms with E-state index in [1.165, 1.54) is 11.8 Å². The molecule has 5 nitrogen and oxygen atoms in total. The van der Waals surface area contributed by atoms with E-state index >= 15 is 0 Å². The van der Waals surface area contributed by atoms with Gasteiger partial charge in [0.15, 0.2) is 16.8 Å². The Balaban J connectivity index is 1.75. The molecule has 6 heteroatoms. The zero-order chi connectivity index (χ0) is 20.2. The molecule has 4 rings (SSSR count). The van der Waals surface area contributed by atoms with Crippen LogP contribution in [-0.2, 0) is 0 Å². The number of hydrogen-bond acceptors (Lipinski definition) is 5. The van der Waals surface area contributed by atoms with Crippen molar-refractivity contribution >= 4 is 17.5 Å². The SMILES string of the molecule is Cc1ccccc1-n1c(SC(C)C(=O)c2ccccc2)nnc1-c1cccnc1. The number of thioether (sulfide) groups is 1. The number of carbonyl (C=O) groups excluding carboxylic acids is 1. The van der Waals surface area contributed by atoms with Crippen LogP contribution in [0.4, 0.5) is 0 Å². The highest BCUT2D eigenvalue weighted by Gasteiger charge is 2.23. The van der Waals surface area contributed by atoms with E-state index in [0.717, 1.165) is 16.8 Å². The molecule has 0 fully saturated rings. The summed E-state index contributed by atoms with van der Waals surface area (Å²) in [4.78, 5) is 17.1. The van der Waals surface area contributed by atoms with Gasteiger partial charge in [0.25, 0.3) is 0 Å². The monoisotopic (exact) mass is 400 g/mol. The van der Waals surface area contributed by atoms with Gasteiger partial charge in [0.05, 0.1) is 10.9 Å². The summed E-state index contributed by atoms with van der Waals surface area (Å²) in [5.74, 6) is 0.770. The van der Waals surface area contributed by atoms with Gasteiger partial charge in [-0.3, -0.25) is 14.3 Å². The van der Waals surface area contributed by atoms with Crippen LogP contribution >= 0.6 is 11.8 Å². The van der Waals surface area contributed by atoms with Crippen molar-refractivity contribution in [1.82, 2.24) is 19.7 Å². The van der Waals surface area contributed by atoms with E-state index in [4.69, 9.17) is 0 Å². The molecule has 144 valence electrons. The molecular formula is C23H20N4OS. The molecule has 1 unspecified atom stereocenters. The highest BCUT2D eigenvalue weighted by Crippen LogP contribution is 2.32. The number of pyridine rings is 1. The summed E-state index contributed by atoms with van der Waals surface area (Å²) in [7, 11) is 0. The van der Waals surface area contributed by atoms with E-state index in [-0.39, 0.29) is 11.0 Å². The Morgan fingerprint density at radius 1 is 0.966 bits per heavy atom. The second kappa shape index (κ2) is 8.41. The van der Waals surface area contributed by atoms with Crippen molar-refractivity contribution in [2.24, 2.45) is 0 Å². The number of Topliss-reactive ketones (excluding diaryl/α,β-unsaturated/α-hetero) is 1. The first kappa shape index (κ1) is 19.1. The van der Waals surface area contributed by atoms with E-state index in [2.05, 4.69) is 28.2 Å². The third-order valence-corrected chi connectivity index (χ3v) is 5.66. The largest absolute Gasteiger partial charge is 0.293 e. The Morgan fingerprint density at radius 3 is 2.45 bits per heavy atom. The number of ketones is 1. The highest BCUT2D eigenvalue weighted by molar-refractivity contribution is 8.00. The molecule has 0 amide bonds. The Hall–Kier alpha value is -3.25. The molecule has 0 bridgehead atoms. The predicted octanol–water partition coefficient (Wildman–Crippen LogP) is 5.00. The summed E-state index contributed by atoms with van der Waals surface area (Å²) in [5, 5.41) is 9.23. The Bertz CT molecular complexity index is 1130. The van der Waals surface area contributed by atoms with Crippen LogP contribution in [0.3, 0.4) is 0 Å². The lowest BCUT2D eigenvalue weighted by Gasteiger charge is -2.15. The van der Waals surface area contributed by atoms with Crippen LogP contribution in [0.25, 0.3) is 17.1 Å².